The third kappa shape index (κ3) is 1.69. The van der Waals surface area contributed by atoms with E-state index in [0.29, 0.717) is 13.1 Å². The van der Waals surface area contributed by atoms with Crippen LogP contribution in [0.5, 0.6) is 0 Å². The molecule has 0 aromatic rings. The SMILES string of the molecule is CNC(=O)C1CN(C(=O)CCl)C1. The lowest BCUT2D eigenvalue weighted by molar-refractivity contribution is -0.140. The minimum Gasteiger partial charge on any atom is -0.359 e. The average molecular weight is 191 g/mol. The average Bonchev–Trinajstić information content (AvgIpc) is 2.01. The Labute approximate surface area is 75.9 Å². The Bertz CT molecular complexity index is 182. The van der Waals surface area contributed by atoms with Crippen LogP contribution in [0.25, 0.3) is 0 Å². The lowest BCUT2D eigenvalue weighted by atomic mass is 9.99. The first-order valence-corrected chi connectivity index (χ1v) is 4.27. The van der Waals surface area contributed by atoms with Crippen LogP contribution in [-0.4, -0.2) is 42.7 Å². The number of halogens is 1. The molecule has 5 heteroatoms. The Morgan fingerprint density at radius 2 is 2.17 bits per heavy atom. The molecule has 0 atom stereocenters. The number of rotatable bonds is 2. The summed E-state index contributed by atoms with van der Waals surface area (Å²) in [5, 5.41) is 2.53. The fraction of sp³-hybridized carbons (Fsp3) is 0.714. The Morgan fingerprint density at radius 1 is 1.58 bits per heavy atom. The van der Waals surface area contributed by atoms with Crippen molar-refractivity contribution in [2.24, 2.45) is 5.92 Å². The Balaban J connectivity index is 2.28. The van der Waals surface area contributed by atoms with E-state index in [1.807, 2.05) is 0 Å². The molecule has 68 valence electrons. The molecule has 4 nitrogen and oxygen atoms in total. The van der Waals surface area contributed by atoms with E-state index in [2.05, 4.69) is 5.32 Å². The third-order valence-electron chi connectivity index (χ3n) is 1.97. The number of hydrogen-bond acceptors (Lipinski definition) is 2. The summed E-state index contributed by atoms with van der Waals surface area (Å²) in [4.78, 5) is 23.5. The zero-order valence-corrected chi connectivity index (χ0v) is 7.60. The van der Waals surface area contributed by atoms with Crippen molar-refractivity contribution in [3.8, 4) is 0 Å². The molecule has 2 amide bonds. The van der Waals surface area contributed by atoms with Gasteiger partial charge < -0.3 is 10.2 Å². The largest absolute Gasteiger partial charge is 0.359 e. The molecule has 0 aromatic carbocycles. The monoisotopic (exact) mass is 190 g/mol. The van der Waals surface area contributed by atoms with Crippen molar-refractivity contribution in [1.82, 2.24) is 10.2 Å². The standard InChI is InChI=1S/C7H11ClN2O2/c1-9-7(12)5-3-10(4-5)6(11)2-8/h5H,2-4H2,1H3,(H,9,12). The number of carbonyl (C=O) groups is 2. The smallest absolute Gasteiger partial charge is 0.237 e. The van der Waals surface area contributed by atoms with Crippen LogP contribution >= 0.6 is 11.6 Å². The van der Waals surface area contributed by atoms with Gasteiger partial charge in [0.1, 0.15) is 5.88 Å². The quantitative estimate of drug-likeness (QED) is 0.593. The number of alkyl halides is 1. The summed E-state index contributed by atoms with van der Waals surface area (Å²) >= 11 is 5.33. The van der Waals surface area contributed by atoms with E-state index >= 15 is 0 Å². The van der Waals surface area contributed by atoms with Crippen molar-refractivity contribution < 1.29 is 9.59 Å². The zero-order chi connectivity index (χ0) is 9.14. The predicted octanol–water partition coefficient (Wildman–Crippen LogP) is -0.570. The van der Waals surface area contributed by atoms with Gasteiger partial charge in [-0.15, -0.1) is 11.6 Å². The van der Waals surface area contributed by atoms with Gasteiger partial charge in [0.15, 0.2) is 0 Å². The second-order valence-electron chi connectivity index (χ2n) is 2.74. The van der Waals surface area contributed by atoms with E-state index in [4.69, 9.17) is 11.6 Å². The summed E-state index contributed by atoms with van der Waals surface area (Å²) < 4.78 is 0. The molecule has 1 aliphatic heterocycles. The molecule has 0 aliphatic carbocycles. The number of likely N-dealkylation sites (tertiary alicyclic amines) is 1. The topological polar surface area (TPSA) is 49.4 Å². The normalized spacial score (nSPS) is 17.0. The molecule has 1 saturated heterocycles. The van der Waals surface area contributed by atoms with E-state index in [0.717, 1.165) is 0 Å². The second-order valence-corrected chi connectivity index (χ2v) is 3.01. The second kappa shape index (κ2) is 3.76. The maximum absolute atomic E-state index is 11.0. The van der Waals surface area contributed by atoms with Crippen LogP contribution in [0.4, 0.5) is 0 Å². The van der Waals surface area contributed by atoms with Crippen LogP contribution in [0, 0.1) is 5.92 Å². The molecular weight excluding hydrogens is 180 g/mol. The lowest BCUT2D eigenvalue weighted by Gasteiger charge is -2.37. The predicted molar refractivity (Wildman–Crippen MR) is 44.9 cm³/mol. The maximum Gasteiger partial charge on any atom is 0.237 e. The first-order chi connectivity index (χ1) is 5.69. The summed E-state index contributed by atoms with van der Waals surface area (Å²) in [6, 6.07) is 0. The van der Waals surface area contributed by atoms with Crippen LogP contribution in [0.1, 0.15) is 0 Å². The van der Waals surface area contributed by atoms with Crippen LogP contribution in [-0.2, 0) is 9.59 Å². The Hall–Kier alpha value is -0.770. The van der Waals surface area contributed by atoms with Crippen LogP contribution in [0.3, 0.4) is 0 Å². The summed E-state index contributed by atoms with van der Waals surface area (Å²) in [5.41, 5.74) is 0. The minimum absolute atomic E-state index is 0.000460. The molecular formula is C7H11ClN2O2. The molecule has 0 radical (unpaired) electrons. The number of carbonyl (C=O) groups excluding carboxylic acids is 2. The fourth-order valence-electron chi connectivity index (χ4n) is 1.14. The van der Waals surface area contributed by atoms with Crippen molar-refractivity contribution in [2.45, 2.75) is 0 Å². The third-order valence-corrected chi connectivity index (χ3v) is 2.19. The van der Waals surface area contributed by atoms with Crippen LogP contribution in [0.15, 0.2) is 0 Å². The summed E-state index contributed by atoms with van der Waals surface area (Å²) in [7, 11) is 1.59. The van der Waals surface area contributed by atoms with Crippen LogP contribution in [0.2, 0.25) is 0 Å². The zero-order valence-electron chi connectivity index (χ0n) is 6.84. The first kappa shape index (κ1) is 9.32. The summed E-state index contributed by atoms with van der Waals surface area (Å²) in [6.07, 6.45) is 0. The fourth-order valence-corrected chi connectivity index (χ4v) is 1.31. The van der Waals surface area contributed by atoms with Crippen molar-refractivity contribution in [1.29, 1.82) is 0 Å². The maximum atomic E-state index is 11.0. The van der Waals surface area contributed by atoms with Gasteiger partial charge >= 0.3 is 0 Å². The highest BCUT2D eigenvalue weighted by atomic mass is 35.5. The lowest BCUT2D eigenvalue weighted by Crippen LogP contribution is -2.55. The van der Waals surface area contributed by atoms with Gasteiger partial charge in [-0.2, -0.15) is 0 Å². The molecule has 1 aliphatic rings. The number of hydrogen-bond donors (Lipinski definition) is 1. The molecule has 0 bridgehead atoms. The van der Waals surface area contributed by atoms with E-state index in [1.165, 1.54) is 0 Å². The molecule has 0 unspecified atom stereocenters. The van der Waals surface area contributed by atoms with Crippen LogP contribution < -0.4 is 5.32 Å². The van der Waals surface area contributed by atoms with Gasteiger partial charge in [0.25, 0.3) is 0 Å². The van der Waals surface area contributed by atoms with Gasteiger partial charge in [0.2, 0.25) is 11.8 Å². The van der Waals surface area contributed by atoms with Gasteiger partial charge in [-0.1, -0.05) is 0 Å². The van der Waals surface area contributed by atoms with Gasteiger partial charge in [-0.3, -0.25) is 9.59 Å². The summed E-state index contributed by atoms with van der Waals surface area (Å²) in [6.45, 7) is 1.01. The van der Waals surface area contributed by atoms with Crippen molar-refractivity contribution in [3.05, 3.63) is 0 Å². The Kier molecular flexibility index (Phi) is 2.92. The Morgan fingerprint density at radius 3 is 2.58 bits per heavy atom. The van der Waals surface area contributed by atoms with E-state index in [1.54, 1.807) is 11.9 Å². The van der Waals surface area contributed by atoms with E-state index < -0.39 is 0 Å². The molecule has 1 rings (SSSR count). The molecule has 1 heterocycles. The molecule has 0 spiro atoms. The van der Waals surface area contributed by atoms with Gasteiger partial charge in [0.05, 0.1) is 5.92 Å². The molecule has 1 N–H and O–H groups in total. The van der Waals surface area contributed by atoms with Gasteiger partial charge in [0, 0.05) is 20.1 Å². The molecule has 0 aromatic heterocycles. The van der Waals surface area contributed by atoms with E-state index in [-0.39, 0.29) is 23.6 Å². The molecule has 0 saturated carbocycles. The van der Waals surface area contributed by atoms with Crippen molar-refractivity contribution in [2.75, 3.05) is 26.0 Å². The highest BCUT2D eigenvalue weighted by Gasteiger charge is 2.34. The van der Waals surface area contributed by atoms with E-state index in [9.17, 15) is 9.59 Å². The number of nitrogens with one attached hydrogen (secondary N) is 1. The number of amides is 2. The highest BCUT2D eigenvalue weighted by Crippen LogP contribution is 2.15. The van der Waals surface area contributed by atoms with Gasteiger partial charge in [-0.25, -0.2) is 0 Å². The van der Waals surface area contributed by atoms with Crippen molar-refractivity contribution in [3.63, 3.8) is 0 Å². The summed E-state index contributed by atoms with van der Waals surface area (Å²) in [5.74, 6) is -0.145. The number of nitrogens with zero attached hydrogens (tertiary/aromatic N) is 1. The minimum atomic E-state index is -0.100. The van der Waals surface area contributed by atoms with Crippen molar-refractivity contribution >= 4 is 23.4 Å². The van der Waals surface area contributed by atoms with Gasteiger partial charge in [-0.05, 0) is 0 Å². The molecule has 1 fully saturated rings. The first-order valence-electron chi connectivity index (χ1n) is 3.74. The molecule has 12 heavy (non-hydrogen) atoms. The highest BCUT2D eigenvalue weighted by molar-refractivity contribution is 6.27.